The van der Waals surface area contributed by atoms with E-state index < -0.39 is 0 Å². The molecule has 0 amide bonds. The van der Waals surface area contributed by atoms with Crippen LogP contribution >= 0.6 is 0 Å². The first-order valence-corrected chi connectivity index (χ1v) is 8.41. The smallest absolute Gasteiger partial charge is 0.264 e. The molecular formula is C20H18N4O3. The fourth-order valence-corrected chi connectivity index (χ4v) is 3.01. The van der Waals surface area contributed by atoms with Gasteiger partial charge in [-0.1, -0.05) is 18.2 Å². The van der Waals surface area contributed by atoms with Crippen molar-refractivity contribution in [3.05, 3.63) is 77.0 Å². The molecule has 27 heavy (non-hydrogen) atoms. The Morgan fingerprint density at radius 2 is 1.85 bits per heavy atom. The van der Waals surface area contributed by atoms with Gasteiger partial charge in [0, 0.05) is 5.56 Å². The number of para-hydroxylation sites is 1. The van der Waals surface area contributed by atoms with Gasteiger partial charge in [0.2, 0.25) is 0 Å². The fourth-order valence-electron chi connectivity index (χ4n) is 3.01. The van der Waals surface area contributed by atoms with Crippen LogP contribution in [0, 0.1) is 0 Å². The van der Waals surface area contributed by atoms with Crippen molar-refractivity contribution in [2.24, 2.45) is 0 Å². The number of hydrogen-bond acceptors (Lipinski definition) is 5. The predicted molar refractivity (Wildman–Crippen MR) is 102 cm³/mol. The molecule has 2 aromatic carbocycles. The Bertz CT molecular complexity index is 1150. The van der Waals surface area contributed by atoms with E-state index in [1.165, 1.54) is 10.9 Å². The van der Waals surface area contributed by atoms with Crippen LogP contribution in [0.4, 0.5) is 0 Å². The molecule has 7 nitrogen and oxygen atoms in total. The Balaban J connectivity index is 1.77. The summed E-state index contributed by atoms with van der Waals surface area (Å²) in [5.41, 5.74) is 2.05. The molecule has 2 aromatic heterocycles. The topological polar surface area (TPSA) is 71.2 Å². The van der Waals surface area contributed by atoms with Crippen molar-refractivity contribution in [1.29, 1.82) is 0 Å². The molecule has 0 saturated carbocycles. The van der Waals surface area contributed by atoms with Gasteiger partial charge in [-0.05, 0) is 30.3 Å². The van der Waals surface area contributed by atoms with Gasteiger partial charge in [-0.2, -0.15) is 5.10 Å². The summed E-state index contributed by atoms with van der Waals surface area (Å²) in [5.74, 6) is 1.38. The SMILES string of the molecule is COc1ccc(OC)c(Cn2cnc3c(cnn3-c3ccccc3)c2=O)c1. The number of nitrogens with zero attached hydrogens (tertiary/aromatic N) is 4. The monoisotopic (exact) mass is 362 g/mol. The summed E-state index contributed by atoms with van der Waals surface area (Å²) in [6.07, 6.45) is 3.08. The molecule has 136 valence electrons. The standard InChI is InChI=1S/C20H18N4O3/c1-26-16-8-9-18(27-2)14(10-16)12-23-13-21-19-17(20(23)25)11-22-24(19)15-6-4-3-5-7-15/h3-11,13H,12H2,1-2H3. The maximum absolute atomic E-state index is 12.9. The number of ether oxygens (including phenoxy) is 2. The first-order valence-electron chi connectivity index (χ1n) is 8.41. The van der Waals surface area contributed by atoms with E-state index in [0.29, 0.717) is 29.1 Å². The average molecular weight is 362 g/mol. The zero-order valence-electron chi connectivity index (χ0n) is 15.0. The molecule has 4 rings (SSSR count). The van der Waals surface area contributed by atoms with Crippen molar-refractivity contribution in [3.8, 4) is 17.2 Å². The predicted octanol–water partition coefficient (Wildman–Crippen LogP) is 2.65. The number of methoxy groups -OCH3 is 2. The van der Waals surface area contributed by atoms with Crippen molar-refractivity contribution in [2.75, 3.05) is 14.2 Å². The minimum Gasteiger partial charge on any atom is -0.497 e. The summed E-state index contributed by atoms with van der Waals surface area (Å²) in [5, 5.41) is 4.79. The molecule has 0 bridgehead atoms. The van der Waals surface area contributed by atoms with E-state index in [2.05, 4.69) is 10.1 Å². The summed E-state index contributed by atoms with van der Waals surface area (Å²) < 4.78 is 13.9. The second-order valence-corrected chi connectivity index (χ2v) is 5.98. The quantitative estimate of drug-likeness (QED) is 0.546. The van der Waals surface area contributed by atoms with Crippen LogP contribution in [0.5, 0.6) is 11.5 Å². The summed E-state index contributed by atoms with van der Waals surface area (Å²) in [7, 11) is 3.20. The van der Waals surface area contributed by atoms with Crippen LogP contribution in [0.3, 0.4) is 0 Å². The van der Waals surface area contributed by atoms with Crippen LogP contribution in [0.2, 0.25) is 0 Å². The van der Waals surface area contributed by atoms with E-state index in [9.17, 15) is 4.79 Å². The maximum atomic E-state index is 12.9. The van der Waals surface area contributed by atoms with Crippen molar-refractivity contribution < 1.29 is 9.47 Å². The summed E-state index contributed by atoms with van der Waals surface area (Å²) in [6, 6.07) is 15.1. The van der Waals surface area contributed by atoms with Gasteiger partial charge in [0.25, 0.3) is 5.56 Å². The lowest BCUT2D eigenvalue weighted by molar-refractivity contribution is 0.397. The molecule has 4 aromatic rings. The Labute approximate surface area is 155 Å². The molecule has 0 fully saturated rings. The fraction of sp³-hybridized carbons (Fsp3) is 0.150. The highest BCUT2D eigenvalue weighted by Gasteiger charge is 2.13. The molecule has 7 heteroatoms. The van der Waals surface area contributed by atoms with Crippen molar-refractivity contribution in [1.82, 2.24) is 19.3 Å². The van der Waals surface area contributed by atoms with E-state index in [1.54, 1.807) is 25.1 Å². The number of hydrogen-bond donors (Lipinski definition) is 0. The normalized spacial score (nSPS) is 10.9. The third-order valence-corrected chi connectivity index (χ3v) is 4.38. The van der Waals surface area contributed by atoms with Gasteiger partial charge in [0.15, 0.2) is 5.65 Å². The summed E-state index contributed by atoms with van der Waals surface area (Å²) in [6.45, 7) is 0.318. The second-order valence-electron chi connectivity index (χ2n) is 5.98. The summed E-state index contributed by atoms with van der Waals surface area (Å²) >= 11 is 0. The lowest BCUT2D eigenvalue weighted by Gasteiger charge is -2.12. The number of fused-ring (bicyclic) bond motifs is 1. The van der Waals surface area contributed by atoms with Crippen molar-refractivity contribution >= 4 is 11.0 Å². The first kappa shape index (κ1) is 16.8. The van der Waals surface area contributed by atoms with Gasteiger partial charge in [-0.25, -0.2) is 9.67 Å². The van der Waals surface area contributed by atoms with Gasteiger partial charge in [0.05, 0.1) is 32.6 Å². The largest absolute Gasteiger partial charge is 0.497 e. The highest BCUT2D eigenvalue weighted by Crippen LogP contribution is 2.24. The highest BCUT2D eigenvalue weighted by atomic mass is 16.5. The van der Waals surface area contributed by atoms with Crippen molar-refractivity contribution in [3.63, 3.8) is 0 Å². The van der Waals surface area contributed by atoms with Gasteiger partial charge >= 0.3 is 0 Å². The molecule has 0 atom stereocenters. The van der Waals surface area contributed by atoms with E-state index in [1.807, 2.05) is 48.5 Å². The molecule has 0 radical (unpaired) electrons. The number of aromatic nitrogens is 4. The summed E-state index contributed by atoms with van der Waals surface area (Å²) in [4.78, 5) is 17.4. The zero-order valence-corrected chi connectivity index (χ0v) is 15.0. The molecule has 0 aliphatic rings. The van der Waals surface area contributed by atoms with Crippen LogP contribution in [0.1, 0.15) is 5.56 Å². The third-order valence-electron chi connectivity index (χ3n) is 4.38. The zero-order chi connectivity index (χ0) is 18.8. The van der Waals surface area contributed by atoms with Crippen LogP contribution in [0.25, 0.3) is 16.7 Å². The minimum atomic E-state index is -0.160. The van der Waals surface area contributed by atoms with Crippen molar-refractivity contribution in [2.45, 2.75) is 6.54 Å². The minimum absolute atomic E-state index is 0.160. The molecule has 0 saturated heterocycles. The molecule has 0 aliphatic heterocycles. The number of rotatable bonds is 5. The van der Waals surface area contributed by atoms with E-state index in [0.717, 1.165) is 11.3 Å². The van der Waals surface area contributed by atoms with Gasteiger partial charge < -0.3 is 9.47 Å². The van der Waals surface area contributed by atoms with Gasteiger partial charge in [-0.3, -0.25) is 9.36 Å². The molecule has 0 unspecified atom stereocenters. The first-order chi connectivity index (χ1) is 13.2. The van der Waals surface area contributed by atoms with Crippen LogP contribution in [-0.4, -0.2) is 33.6 Å². The molecular weight excluding hydrogens is 344 g/mol. The van der Waals surface area contributed by atoms with Crippen LogP contribution in [-0.2, 0) is 6.54 Å². The molecule has 2 heterocycles. The maximum Gasteiger partial charge on any atom is 0.264 e. The lowest BCUT2D eigenvalue weighted by atomic mass is 10.2. The van der Waals surface area contributed by atoms with E-state index in [4.69, 9.17) is 9.47 Å². The van der Waals surface area contributed by atoms with Gasteiger partial charge in [-0.15, -0.1) is 0 Å². The Morgan fingerprint density at radius 3 is 2.59 bits per heavy atom. The van der Waals surface area contributed by atoms with E-state index >= 15 is 0 Å². The number of benzene rings is 2. The van der Waals surface area contributed by atoms with Crippen LogP contribution in [0.15, 0.2) is 65.8 Å². The Morgan fingerprint density at radius 1 is 1.04 bits per heavy atom. The third kappa shape index (κ3) is 3.03. The molecule has 0 N–H and O–H groups in total. The lowest BCUT2D eigenvalue weighted by Crippen LogP contribution is -2.21. The molecule has 0 aliphatic carbocycles. The Kier molecular flexibility index (Phi) is 4.33. The van der Waals surface area contributed by atoms with Gasteiger partial charge in [0.1, 0.15) is 23.2 Å². The molecule has 0 spiro atoms. The van der Waals surface area contributed by atoms with Crippen LogP contribution < -0.4 is 15.0 Å². The average Bonchev–Trinajstić information content (AvgIpc) is 3.15. The second kappa shape index (κ2) is 6.95. The Hall–Kier alpha value is -3.61. The van der Waals surface area contributed by atoms with E-state index in [-0.39, 0.29) is 5.56 Å². The highest BCUT2D eigenvalue weighted by molar-refractivity contribution is 5.74.